The first kappa shape index (κ1) is 17.3. The second-order valence-electron chi connectivity index (χ2n) is 7.36. The lowest BCUT2D eigenvalue weighted by Crippen LogP contribution is -2.28. The molecule has 0 fully saturated rings. The van der Waals surface area contributed by atoms with Gasteiger partial charge in [-0.25, -0.2) is 4.98 Å². The van der Waals surface area contributed by atoms with E-state index < -0.39 is 0 Å². The number of aromatic nitrogens is 2. The van der Waals surface area contributed by atoms with Gasteiger partial charge >= 0.3 is 0 Å². The van der Waals surface area contributed by atoms with Gasteiger partial charge in [-0.2, -0.15) is 0 Å². The molecule has 2 nitrogen and oxygen atoms in total. The fourth-order valence-electron chi connectivity index (χ4n) is 3.00. The summed E-state index contributed by atoms with van der Waals surface area (Å²) in [7, 11) is 0. The van der Waals surface area contributed by atoms with Crippen LogP contribution in [-0.2, 0) is 17.4 Å². The number of imidazole rings is 1. The second-order valence-corrected chi connectivity index (χ2v) is 7.36. The fraction of sp³-hybridized carbons (Fsp3) is 0.833. The van der Waals surface area contributed by atoms with Gasteiger partial charge in [-0.1, -0.05) is 61.3 Å². The summed E-state index contributed by atoms with van der Waals surface area (Å²) in [6.07, 6.45) is 8.11. The average Bonchev–Trinajstić information content (AvgIpc) is 2.81. The van der Waals surface area contributed by atoms with Crippen LogP contribution in [0, 0.1) is 0 Å². The molecule has 0 amide bonds. The molecule has 0 spiro atoms. The minimum Gasteiger partial charge on any atom is -0.334 e. The zero-order chi connectivity index (χ0) is 15.4. The highest BCUT2D eigenvalue weighted by atomic mass is 15.1. The number of rotatable bonds is 8. The van der Waals surface area contributed by atoms with Crippen LogP contribution >= 0.6 is 0 Å². The quantitative estimate of drug-likeness (QED) is 0.618. The molecule has 0 aromatic carbocycles. The predicted octanol–water partition coefficient (Wildman–Crippen LogP) is 5.45. The van der Waals surface area contributed by atoms with Crippen molar-refractivity contribution in [1.82, 2.24) is 9.55 Å². The van der Waals surface area contributed by atoms with E-state index in [0.29, 0.717) is 0 Å². The van der Waals surface area contributed by atoms with Crippen molar-refractivity contribution in [3.8, 4) is 0 Å². The Kier molecular flexibility index (Phi) is 5.85. The van der Waals surface area contributed by atoms with E-state index >= 15 is 0 Å². The molecule has 116 valence electrons. The third-order valence-corrected chi connectivity index (χ3v) is 4.63. The maximum Gasteiger partial charge on any atom is 0.0952 e. The molecule has 1 rings (SSSR count). The standard InChI is InChI=1S/C18H34N2/c1-8-11-13-20-14-19-15(18(6,7)12-9-2)16(20)17(4,5)10-3/h14H,8-13H2,1-7H3. The summed E-state index contributed by atoms with van der Waals surface area (Å²) < 4.78 is 2.42. The molecule has 0 aliphatic carbocycles. The maximum atomic E-state index is 4.84. The molecule has 0 radical (unpaired) electrons. The number of nitrogens with zero attached hydrogens (tertiary/aromatic N) is 2. The van der Waals surface area contributed by atoms with E-state index in [-0.39, 0.29) is 10.8 Å². The Morgan fingerprint density at radius 2 is 1.65 bits per heavy atom. The zero-order valence-corrected chi connectivity index (χ0v) is 14.7. The molecule has 1 aromatic rings. The first-order valence-corrected chi connectivity index (χ1v) is 8.36. The Hall–Kier alpha value is -0.790. The molecule has 0 atom stereocenters. The molecule has 0 saturated heterocycles. The monoisotopic (exact) mass is 278 g/mol. The maximum absolute atomic E-state index is 4.84. The van der Waals surface area contributed by atoms with Crippen molar-refractivity contribution >= 4 is 0 Å². The molecule has 0 N–H and O–H groups in total. The summed E-state index contributed by atoms with van der Waals surface area (Å²) in [5, 5.41) is 0. The summed E-state index contributed by atoms with van der Waals surface area (Å²) in [5.41, 5.74) is 3.16. The Bertz CT molecular complexity index is 413. The summed E-state index contributed by atoms with van der Waals surface area (Å²) in [5.74, 6) is 0. The molecule has 1 heterocycles. The third kappa shape index (κ3) is 3.65. The molecule has 0 aliphatic rings. The van der Waals surface area contributed by atoms with E-state index in [1.807, 2.05) is 0 Å². The van der Waals surface area contributed by atoms with Crippen LogP contribution in [0.1, 0.15) is 92.0 Å². The SMILES string of the molecule is CCCCn1cnc(C(C)(C)CCC)c1C(C)(C)CC. The van der Waals surface area contributed by atoms with Gasteiger partial charge in [0.15, 0.2) is 0 Å². The number of hydrogen-bond donors (Lipinski definition) is 0. The van der Waals surface area contributed by atoms with Gasteiger partial charge in [0, 0.05) is 23.1 Å². The average molecular weight is 278 g/mol. The Balaban J connectivity index is 3.28. The van der Waals surface area contributed by atoms with Gasteiger partial charge in [-0.05, 0) is 19.3 Å². The summed E-state index contributed by atoms with van der Waals surface area (Å²) in [6, 6.07) is 0. The smallest absolute Gasteiger partial charge is 0.0952 e. The van der Waals surface area contributed by atoms with E-state index in [1.165, 1.54) is 37.1 Å². The van der Waals surface area contributed by atoms with Gasteiger partial charge < -0.3 is 4.57 Å². The fourth-order valence-corrected chi connectivity index (χ4v) is 3.00. The lowest BCUT2D eigenvalue weighted by atomic mass is 9.76. The molecule has 2 heteroatoms. The van der Waals surface area contributed by atoms with Crippen LogP contribution in [0.4, 0.5) is 0 Å². The van der Waals surface area contributed by atoms with Gasteiger partial charge in [0.1, 0.15) is 0 Å². The van der Waals surface area contributed by atoms with Gasteiger partial charge in [-0.15, -0.1) is 0 Å². The lowest BCUT2D eigenvalue weighted by molar-refractivity contribution is 0.409. The Morgan fingerprint density at radius 1 is 1.00 bits per heavy atom. The van der Waals surface area contributed by atoms with Crippen molar-refractivity contribution in [3.63, 3.8) is 0 Å². The molecule has 0 saturated carbocycles. The number of hydrogen-bond acceptors (Lipinski definition) is 1. The van der Waals surface area contributed by atoms with Crippen molar-refractivity contribution in [2.45, 2.75) is 97.9 Å². The van der Waals surface area contributed by atoms with Crippen molar-refractivity contribution < 1.29 is 0 Å². The van der Waals surface area contributed by atoms with E-state index in [0.717, 1.165) is 13.0 Å². The highest BCUT2D eigenvalue weighted by Crippen LogP contribution is 2.37. The molecular weight excluding hydrogens is 244 g/mol. The number of unbranched alkanes of at least 4 members (excludes halogenated alkanes) is 1. The zero-order valence-electron chi connectivity index (χ0n) is 14.7. The highest BCUT2D eigenvalue weighted by molar-refractivity contribution is 5.28. The van der Waals surface area contributed by atoms with Crippen molar-refractivity contribution in [2.24, 2.45) is 0 Å². The van der Waals surface area contributed by atoms with Gasteiger partial charge in [-0.3, -0.25) is 0 Å². The van der Waals surface area contributed by atoms with E-state index in [1.54, 1.807) is 0 Å². The Labute approximate surface area is 126 Å². The molecule has 0 bridgehead atoms. The van der Waals surface area contributed by atoms with Crippen LogP contribution in [0.5, 0.6) is 0 Å². The molecule has 1 aromatic heterocycles. The first-order chi connectivity index (χ1) is 9.30. The van der Waals surface area contributed by atoms with E-state index in [4.69, 9.17) is 4.98 Å². The minimum atomic E-state index is 0.175. The highest BCUT2D eigenvalue weighted by Gasteiger charge is 2.33. The third-order valence-electron chi connectivity index (χ3n) is 4.63. The van der Waals surface area contributed by atoms with Crippen LogP contribution in [0.15, 0.2) is 6.33 Å². The van der Waals surface area contributed by atoms with Crippen LogP contribution in [0.25, 0.3) is 0 Å². The van der Waals surface area contributed by atoms with Crippen LogP contribution in [0.2, 0.25) is 0 Å². The van der Waals surface area contributed by atoms with Crippen LogP contribution < -0.4 is 0 Å². The predicted molar refractivity (Wildman–Crippen MR) is 88.4 cm³/mol. The van der Waals surface area contributed by atoms with E-state index in [9.17, 15) is 0 Å². The minimum absolute atomic E-state index is 0.175. The molecule has 20 heavy (non-hydrogen) atoms. The molecule has 0 unspecified atom stereocenters. The van der Waals surface area contributed by atoms with Crippen molar-refractivity contribution in [3.05, 3.63) is 17.7 Å². The largest absolute Gasteiger partial charge is 0.334 e. The number of aryl methyl sites for hydroxylation is 1. The van der Waals surface area contributed by atoms with E-state index in [2.05, 4.69) is 59.4 Å². The molecule has 0 aliphatic heterocycles. The second kappa shape index (κ2) is 6.78. The van der Waals surface area contributed by atoms with Crippen LogP contribution in [0.3, 0.4) is 0 Å². The first-order valence-electron chi connectivity index (χ1n) is 8.36. The Morgan fingerprint density at radius 3 is 2.15 bits per heavy atom. The lowest BCUT2D eigenvalue weighted by Gasteiger charge is -2.31. The van der Waals surface area contributed by atoms with Gasteiger partial charge in [0.25, 0.3) is 0 Å². The summed E-state index contributed by atoms with van der Waals surface area (Å²) >= 11 is 0. The summed E-state index contributed by atoms with van der Waals surface area (Å²) in [6.45, 7) is 17.3. The van der Waals surface area contributed by atoms with Crippen LogP contribution in [-0.4, -0.2) is 9.55 Å². The van der Waals surface area contributed by atoms with Crippen molar-refractivity contribution in [2.75, 3.05) is 0 Å². The van der Waals surface area contributed by atoms with Crippen molar-refractivity contribution in [1.29, 1.82) is 0 Å². The van der Waals surface area contributed by atoms with Gasteiger partial charge in [0.2, 0.25) is 0 Å². The topological polar surface area (TPSA) is 17.8 Å². The normalized spacial score (nSPS) is 12.9. The van der Waals surface area contributed by atoms with Gasteiger partial charge in [0.05, 0.1) is 12.0 Å². The molecular formula is C18H34N2. The summed E-state index contributed by atoms with van der Waals surface area (Å²) in [4.78, 5) is 4.84.